The summed E-state index contributed by atoms with van der Waals surface area (Å²) in [6.45, 7) is 6.58. The predicted molar refractivity (Wildman–Crippen MR) is 68.9 cm³/mol. The molecule has 1 amide bonds. The minimum Gasteiger partial charge on any atom is -0.383 e. The number of rotatable bonds is 7. The van der Waals surface area contributed by atoms with E-state index in [0.29, 0.717) is 31.0 Å². The van der Waals surface area contributed by atoms with E-state index < -0.39 is 0 Å². The molecule has 0 aromatic rings. The average Bonchev–Trinajstić information content (AvgIpc) is 2.59. The van der Waals surface area contributed by atoms with Gasteiger partial charge in [-0.3, -0.25) is 4.79 Å². The van der Waals surface area contributed by atoms with Gasteiger partial charge in [-0.2, -0.15) is 0 Å². The van der Waals surface area contributed by atoms with Crippen molar-refractivity contribution in [2.24, 2.45) is 5.41 Å². The Morgan fingerprint density at radius 3 is 2.76 bits per heavy atom. The zero-order valence-electron chi connectivity index (χ0n) is 11.3. The highest BCUT2D eigenvalue weighted by Crippen LogP contribution is 2.36. The van der Waals surface area contributed by atoms with Crippen LogP contribution < -0.4 is 10.6 Å². The molecule has 0 heterocycles. The van der Waals surface area contributed by atoms with Crippen molar-refractivity contribution in [3.63, 3.8) is 0 Å². The fourth-order valence-electron chi connectivity index (χ4n) is 2.38. The van der Waals surface area contributed by atoms with Crippen LogP contribution in [0.25, 0.3) is 0 Å². The molecular formula is C13H26N2O2. The van der Waals surface area contributed by atoms with Crippen LogP contribution in [0.1, 0.15) is 39.5 Å². The van der Waals surface area contributed by atoms with Crippen LogP contribution in [0.4, 0.5) is 0 Å². The Morgan fingerprint density at radius 1 is 1.41 bits per heavy atom. The molecule has 0 radical (unpaired) electrons. The number of methoxy groups -OCH3 is 1. The summed E-state index contributed by atoms with van der Waals surface area (Å²) in [6, 6.07) is 0.594. The lowest BCUT2D eigenvalue weighted by molar-refractivity contribution is -0.121. The highest BCUT2D eigenvalue weighted by Gasteiger charge is 2.30. The molecule has 100 valence electrons. The Hall–Kier alpha value is -0.610. The first-order chi connectivity index (χ1) is 8.03. The third-order valence-electron chi connectivity index (χ3n) is 3.38. The predicted octanol–water partition coefficient (Wildman–Crippen LogP) is 1.31. The average molecular weight is 242 g/mol. The summed E-state index contributed by atoms with van der Waals surface area (Å²) < 4.78 is 4.87. The van der Waals surface area contributed by atoms with Gasteiger partial charge >= 0.3 is 0 Å². The van der Waals surface area contributed by atoms with E-state index in [2.05, 4.69) is 24.5 Å². The summed E-state index contributed by atoms with van der Waals surface area (Å²) >= 11 is 0. The first-order valence-corrected chi connectivity index (χ1v) is 6.52. The smallest absolute Gasteiger partial charge is 0.221 e. The molecule has 0 aromatic heterocycles. The van der Waals surface area contributed by atoms with Crippen LogP contribution in [0.15, 0.2) is 0 Å². The lowest BCUT2D eigenvalue weighted by Gasteiger charge is -2.17. The molecule has 1 aliphatic carbocycles. The lowest BCUT2D eigenvalue weighted by atomic mass is 9.92. The fraction of sp³-hybridized carbons (Fsp3) is 0.923. The van der Waals surface area contributed by atoms with Crippen LogP contribution in [0.2, 0.25) is 0 Å². The van der Waals surface area contributed by atoms with Gasteiger partial charge in [0.15, 0.2) is 0 Å². The van der Waals surface area contributed by atoms with Crippen molar-refractivity contribution in [1.82, 2.24) is 10.6 Å². The maximum atomic E-state index is 11.4. The van der Waals surface area contributed by atoms with Crippen molar-refractivity contribution >= 4 is 5.91 Å². The van der Waals surface area contributed by atoms with E-state index in [4.69, 9.17) is 4.74 Å². The number of ether oxygens (including phenoxy) is 1. The Morgan fingerprint density at radius 2 is 2.18 bits per heavy atom. The molecule has 17 heavy (non-hydrogen) atoms. The molecule has 1 fully saturated rings. The molecular weight excluding hydrogens is 216 g/mol. The molecule has 1 saturated carbocycles. The number of hydrogen-bond donors (Lipinski definition) is 2. The highest BCUT2D eigenvalue weighted by molar-refractivity contribution is 5.76. The van der Waals surface area contributed by atoms with Gasteiger partial charge in [0, 0.05) is 32.7 Å². The number of carbonyl (C=O) groups excluding carboxylic acids is 1. The van der Waals surface area contributed by atoms with Gasteiger partial charge in [-0.1, -0.05) is 13.8 Å². The maximum Gasteiger partial charge on any atom is 0.221 e. The van der Waals surface area contributed by atoms with Gasteiger partial charge in [-0.15, -0.1) is 0 Å². The zero-order valence-corrected chi connectivity index (χ0v) is 11.3. The van der Waals surface area contributed by atoms with E-state index in [9.17, 15) is 4.79 Å². The van der Waals surface area contributed by atoms with Crippen LogP contribution in [0.3, 0.4) is 0 Å². The van der Waals surface area contributed by atoms with Gasteiger partial charge < -0.3 is 15.4 Å². The van der Waals surface area contributed by atoms with Crippen molar-refractivity contribution < 1.29 is 9.53 Å². The van der Waals surface area contributed by atoms with E-state index >= 15 is 0 Å². The molecule has 0 bridgehead atoms. The number of hydrogen-bond acceptors (Lipinski definition) is 3. The third-order valence-corrected chi connectivity index (χ3v) is 3.38. The van der Waals surface area contributed by atoms with E-state index in [1.165, 1.54) is 19.3 Å². The van der Waals surface area contributed by atoms with Gasteiger partial charge in [-0.05, 0) is 24.7 Å². The summed E-state index contributed by atoms with van der Waals surface area (Å²) in [4.78, 5) is 11.4. The van der Waals surface area contributed by atoms with E-state index in [-0.39, 0.29) is 5.91 Å². The fourth-order valence-corrected chi connectivity index (χ4v) is 2.38. The number of carbonyl (C=O) groups is 1. The number of nitrogens with one attached hydrogen (secondary N) is 2. The largest absolute Gasteiger partial charge is 0.383 e. The minimum absolute atomic E-state index is 0.104. The van der Waals surface area contributed by atoms with Crippen LogP contribution >= 0.6 is 0 Å². The molecule has 1 rings (SSSR count). The molecule has 0 aromatic carbocycles. The first kappa shape index (κ1) is 14.5. The van der Waals surface area contributed by atoms with Gasteiger partial charge in [0.05, 0.1) is 6.61 Å². The summed E-state index contributed by atoms with van der Waals surface area (Å²) in [5.74, 6) is 0.104. The summed E-state index contributed by atoms with van der Waals surface area (Å²) in [6.07, 6.45) is 4.29. The normalized spacial score (nSPS) is 22.6. The van der Waals surface area contributed by atoms with Gasteiger partial charge in [0.2, 0.25) is 5.91 Å². The van der Waals surface area contributed by atoms with Crippen LogP contribution in [-0.2, 0) is 9.53 Å². The summed E-state index contributed by atoms with van der Waals surface area (Å²) in [5.41, 5.74) is 0.471. The summed E-state index contributed by atoms with van der Waals surface area (Å²) in [5, 5.41) is 6.29. The molecule has 1 unspecified atom stereocenters. The van der Waals surface area contributed by atoms with E-state index in [1.54, 1.807) is 7.11 Å². The first-order valence-electron chi connectivity index (χ1n) is 6.52. The van der Waals surface area contributed by atoms with Crippen LogP contribution in [-0.4, -0.2) is 38.8 Å². The second-order valence-corrected chi connectivity index (χ2v) is 5.65. The number of amides is 1. The van der Waals surface area contributed by atoms with Crippen LogP contribution in [0, 0.1) is 5.41 Å². The highest BCUT2D eigenvalue weighted by atomic mass is 16.5. The van der Waals surface area contributed by atoms with Gasteiger partial charge in [0.1, 0.15) is 0 Å². The lowest BCUT2D eigenvalue weighted by Crippen LogP contribution is -2.33. The zero-order chi connectivity index (χ0) is 12.7. The molecule has 2 N–H and O–H groups in total. The Bertz CT molecular complexity index is 242. The molecule has 0 aliphatic heterocycles. The Kier molecular flexibility index (Phi) is 5.92. The molecule has 0 spiro atoms. The molecule has 0 saturated heterocycles. The molecule has 1 aliphatic rings. The monoisotopic (exact) mass is 242 g/mol. The Balaban J connectivity index is 2.02. The molecule has 1 atom stereocenters. The van der Waals surface area contributed by atoms with Crippen molar-refractivity contribution in [2.75, 3.05) is 26.8 Å². The second-order valence-electron chi connectivity index (χ2n) is 5.65. The second kappa shape index (κ2) is 6.97. The third kappa shape index (κ3) is 6.03. The summed E-state index contributed by atoms with van der Waals surface area (Å²) in [7, 11) is 1.63. The minimum atomic E-state index is 0.104. The quantitative estimate of drug-likeness (QED) is 0.662. The molecule has 4 nitrogen and oxygen atoms in total. The standard InChI is InChI=1S/C13H26N2O2/c1-13(2)6-4-11(10-13)14-7-5-12(16)15-8-9-17-3/h11,14H,4-10H2,1-3H3,(H,15,16). The van der Waals surface area contributed by atoms with Crippen molar-refractivity contribution in [3.8, 4) is 0 Å². The van der Waals surface area contributed by atoms with Gasteiger partial charge in [-0.25, -0.2) is 0 Å². The SMILES string of the molecule is COCCNC(=O)CCNC1CCC(C)(C)C1. The van der Waals surface area contributed by atoms with Crippen LogP contribution in [0.5, 0.6) is 0 Å². The maximum absolute atomic E-state index is 11.4. The van der Waals surface area contributed by atoms with Gasteiger partial charge in [0.25, 0.3) is 0 Å². The van der Waals surface area contributed by atoms with Crippen molar-refractivity contribution in [3.05, 3.63) is 0 Å². The molecule has 4 heteroatoms. The topological polar surface area (TPSA) is 50.4 Å². The van der Waals surface area contributed by atoms with Crippen molar-refractivity contribution in [1.29, 1.82) is 0 Å². The Labute approximate surface area is 104 Å². The van der Waals surface area contributed by atoms with E-state index in [1.807, 2.05) is 0 Å². The van der Waals surface area contributed by atoms with Crippen molar-refractivity contribution in [2.45, 2.75) is 45.6 Å². The van der Waals surface area contributed by atoms with E-state index in [0.717, 1.165) is 6.54 Å².